The largest absolute Gasteiger partial charge is 0.346 e. The molecule has 0 aliphatic carbocycles. The standard InChI is InChI=1S/C12H13N3/c1-8-5-13-6-10(8)11-7-15-12-9(11)3-2-4-14-12/h2-4,7,13H,5-6H2,1H3,(H,14,15). The molecule has 0 radical (unpaired) electrons. The molecule has 0 spiro atoms. The summed E-state index contributed by atoms with van der Waals surface area (Å²) < 4.78 is 0. The average Bonchev–Trinajstić information content (AvgIpc) is 2.83. The lowest BCUT2D eigenvalue weighted by atomic mass is 10.0. The van der Waals surface area contributed by atoms with E-state index in [1.165, 1.54) is 22.1 Å². The van der Waals surface area contributed by atoms with Gasteiger partial charge in [0.2, 0.25) is 0 Å². The van der Waals surface area contributed by atoms with Crippen LogP contribution in [0.2, 0.25) is 0 Å². The van der Waals surface area contributed by atoms with Gasteiger partial charge in [0.25, 0.3) is 0 Å². The Bertz CT molecular complexity index is 537. The molecular formula is C12H13N3. The molecule has 0 aromatic carbocycles. The van der Waals surface area contributed by atoms with Gasteiger partial charge in [-0.25, -0.2) is 4.98 Å². The normalized spacial score (nSPS) is 16.6. The van der Waals surface area contributed by atoms with Gasteiger partial charge < -0.3 is 10.3 Å². The molecule has 1 aliphatic rings. The zero-order chi connectivity index (χ0) is 10.3. The van der Waals surface area contributed by atoms with Crippen molar-refractivity contribution in [1.29, 1.82) is 0 Å². The molecule has 0 saturated carbocycles. The van der Waals surface area contributed by atoms with E-state index in [4.69, 9.17) is 0 Å². The molecule has 3 rings (SSSR count). The Labute approximate surface area is 88.2 Å². The number of fused-ring (bicyclic) bond motifs is 1. The smallest absolute Gasteiger partial charge is 0.137 e. The highest BCUT2D eigenvalue weighted by atomic mass is 14.9. The van der Waals surface area contributed by atoms with Gasteiger partial charge in [-0.2, -0.15) is 0 Å². The number of pyridine rings is 1. The van der Waals surface area contributed by atoms with Gasteiger partial charge in [0.05, 0.1) is 0 Å². The Morgan fingerprint density at radius 2 is 2.27 bits per heavy atom. The summed E-state index contributed by atoms with van der Waals surface area (Å²) in [6, 6.07) is 4.10. The fourth-order valence-corrected chi connectivity index (χ4v) is 2.16. The van der Waals surface area contributed by atoms with Crippen LogP contribution in [0.4, 0.5) is 0 Å². The Kier molecular flexibility index (Phi) is 1.86. The van der Waals surface area contributed by atoms with Crippen molar-refractivity contribution in [1.82, 2.24) is 15.3 Å². The molecule has 76 valence electrons. The minimum absolute atomic E-state index is 0.966. The third-order valence-corrected chi connectivity index (χ3v) is 2.98. The number of hydrogen-bond acceptors (Lipinski definition) is 2. The minimum Gasteiger partial charge on any atom is -0.346 e. The Morgan fingerprint density at radius 1 is 1.33 bits per heavy atom. The van der Waals surface area contributed by atoms with Gasteiger partial charge in [-0.05, 0) is 24.6 Å². The highest BCUT2D eigenvalue weighted by molar-refractivity contribution is 5.92. The monoisotopic (exact) mass is 199 g/mol. The van der Waals surface area contributed by atoms with Crippen molar-refractivity contribution in [3.8, 4) is 0 Å². The fourth-order valence-electron chi connectivity index (χ4n) is 2.16. The van der Waals surface area contributed by atoms with Crippen LogP contribution in [0.3, 0.4) is 0 Å². The second kappa shape index (κ2) is 3.21. The van der Waals surface area contributed by atoms with Crippen LogP contribution >= 0.6 is 0 Å². The summed E-state index contributed by atoms with van der Waals surface area (Å²) in [5.74, 6) is 0. The van der Waals surface area contributed by atoms with E-state index in [2.05, 4.69) is 34.5 Å². The Morgan fingerprint density at radius 3 is 3.07 bits per heavy atom. The van der Waals surface area contributed by atoms with Crippen molar-refractivity contribution in [3.63, 3.8) is 0 Å². The highest BCUT2D eigenvalue weighted by Gasteiger charge is 2.15. The summed E-state index contributed by atoms with van der Waals surface area (Å²) in [6.07, 6.45) is 3.88. The van der Waals surface area contributed by atoms with E-state index in [9.17, 15) is 0 Å². The second-order valence-corrected chi connectivity index (χ2v) is 3.96. The topological polar surface area (TPSA) is 40.7 Å². The maximum absolute atomic E-state index is 4.30. The predicted octanol–water partition coefficient (Wildman–Crippen LogP) is 1.94. The summed E-state index contributed by atoms with van der Waals surface area (Å²) in [6.45, 7) is 4.15. The molecule has 2 aromatic rings. The first-order valence-corrected chi connectivity index (χ1v) is 5.18. The molecule has 0 saturated heterocycles. The van der Waals surface area contributed by atoms with E-state index >= 15 is 0 Å². The molecular weight excluding hydrogens is 186 g/mol. The third-order valence-electron chi connectivity index (χ3n) is 2.98. The zero-order valence-electron chi connectivity index (χ0n) is 8.67. The van der Waals surface area contributed by atoms with Gasteiger partial charge in [-0.15, -0.1) is 0 Å². The summed E-state index contributed by atoms with van der Waals surface area (Å²) in [5.41, 5.74) is 5.11. The second-order valence-electron chi connectivity index (χ2n) is 3.96. The summed E-state index contributed by atoms with van der Waals surface area (Å²) in [5, 5.41) is 4.58. The van der Waals surface area contributed by atoms with Crippen molar-refractivity contribution < 1.29 is 0 Å². The number of nitrogens with zero attached hydrogens (tertiary/aromatic N) is 1. The van der Waals surface area contributed by atoms with Crippen LogP contribution in [-0.4, -0.2) is 23.1 Å². The van der Waals surface area contributed by atoms with Gasteiger partial charge in [0, 0.05) is 36.4 Å². The van der Waals surface area contributed by atoms with E-state index in [0.29, 0.717) is 0 Å². The fraction of sp³-hybridized carbons (Fsp3) is 0.250. The maximum atomic E-state index is 4.30. The van der Waals surface area contributed by atoms with Crippen LogP contribution in [-0.2, 0) is 0 Å². The Balaban J connectivity index is 2.23. The molecule has 0 atom stereocenters. The number of aromatic amines is 1. The van der Waals surface area contributed by atoms with Crippen molar-refractivity contribution in [2.45, 2.75) is 6.92 Å². The molecule has 3 heteroatoms. The SMILES string of the molecule is CC1=C(c2c[nH]c3ncccc23)CNC1. The quantitative estimate of drug-likeness (QED) is 0.737. The van der Waals surface area contributed by atoms with E-state index in [0.717, 1.165) is 18.7 Å². The summed E-state index contributed by atoms with van der Waals surface area (Å²) in [7, 11) is 0. The first-order chi connectivity index (χ1) is 7.36. The molecule has 2 aromatic heterocycles. The first kappa shape index (κ1) is 8.68. The van der Waals surface area contributed by atoms with E-state index in [1.807, 2.05) is 12.3 Å². The molecule has 0 unspecified atom stereocenters. The van der Waals surface area contributed by atoms with Crippen LogP contribution < -0.4 is 5.32 Å². The van der Waals surface area contributed by atoms with Crippen LogP contribution in [0.5, 0.6) is 0 Å². The number of nitrogens with one attached hydrogen (secondary N) is 2. The van der Waals surface area contributed by atoms with Gasteiger partial charge >= 0.3 is 0 Å². The molecule has 2 N–H and O–H groups in total. The van der Waals surface area contributed by atoms with E-state index in [1.54, 1.807) is 0 Å². The average molecular weight is 199 g/mol. The number of H-pyrrole nitrogens is 1. The molecule has 0 fully saturated rings. The Hall–Kier alpha value is -1.61. The van der Waals surface area contributed by atoms with Crippen molar-refractivity contribution in [2.75, 3.05) is 13.1 Å². The lowest BCUT2D eigenvalue weighted by Gasteiger charge is -2.00. The lowest BCUT2D eigenvalue weighted by Crippen LogP contribution is -2.08. The predicted molar refractivity (Wildman–Crippen MR) is 61.6 cm³/mol. The van der Waals surface area contributed by atoms with Crippen molar-refractivity contribution in [3.05, 3.63) is 35.7 Å². The van der Waals surface area contributed by atoms with Crippen LogP contribution in [0.25, 0.3) is 16.6 Å². The zero-order valence-corrected chi connectivity index (χ0v) is 8.67. The number of rotatable bonds is 1. The molecule has 15 heavy (non-hydrogen) atoms. The van der Waals surface area contributed by atoms with Crippen molar-refractivity contribution >= 4 is 16.6 Å². The minimum atomic E-state index is 0.966. The number of hydrogen-bond donors (Lipinski definition) is 2. The first-order valence-electron chi connectivity index (χ1n) is 5.18. The van der Waals surface area contributed by atoms with Crippen LogP contribution in [0.1, 0.15) is 12.5 Å². The molecule has 0 bridgehead atoms. The van der Waals surface area contributed by atoms with E-state index < -0.39 is 0 Å². The molecule has 0 amide bonds. The summed E-state index contributed by atoms with van der Waals surface area (Å²) in [4.78, 5) is 7.51. The summed E-state index contributed by atoms with van der Waals surface area (Å²) >= 11 is 0. The molecule has 3 nitrogen and oxygen atoms in total. The molecule has 1 aliphatic heterocycles. The van der Waals surface area contributed by atoms with Gasteiger partial charge in [0.1, 0.15) is 5.65 Å². The van der Waals surface area contributed by atoms with Gasteiger partial charge in [-0.3, -0.25) is 0 Å². The lowest BCUT2D eigenvalue weighted by molar-refractivity contribution is 0.878. The van der Waals surface area contributed by atoms with Gasteiger partial charge in [-0.1, -0.05) is 5.57 Å². The maximum Gasteiger partial charge on any atom is 0.137 e. The van der Waals surface area contributed by atoms with Gasteiger partial charge in [0.15, 0.2) is 0 Å². The van der Waals surface area contributed by atoms with Crippen LogP contribution in [0, 0.1) is 0 Å². The molecule has 3 heterocycles. The highest BCUT2D eigenvalue weighted by Crippen LogP contribution is 2.27. The van der Waals surface area contributed by atoms with E-state index in [-0.39, 0.29) is 0 Å². The third kappa shape index (κ3) is 1.27. The van der Waals surface area contributed by atoms with Crippen LogP contribution in [0.15, 0.2) is 30.1 Å². The number of aromatic nitrogens is 2. The van der Waals surface area contributed by atoms with Crippen molar-refractivity contribution in [2.24, 2.45) is 0 Å².